The van der Waals surface area contributed by atoms with Crippen LogP contribution in [0.1, 0.15) is 18.9 Å². The summed E-state index contributed by atoms with van der Waals surface area (Å²) in [5.41, 5.74) is 1.62. The normalized spacial score (nSPS) is 16.6. The van der Waals surface area contributed by atoms with Crippen molar-refractivity contribution in [3.8, 4) is 0 Å². The summed E-state index contributed by atoms with van der Waals surface area (Å²) in [6, 6.07) is 7.95. The molecule has 66 valence electrons. The molecular formula is C10H9NO2. The highest BCUT2D eigenvalue weighted by atomic mass is 16.4. The summed E-state index contributed by atoms with van der Waals surface area (Å²) in [7, 11) is 0. The molecule has 2 aromatic rings. The van der Waals surface area contributed by atoms with Crippen molar-refractivity contribution in [3.05, 3.63) is 34.8 Å². The molecule has 1 saturated carbocycles. The molecule has 0 bridgehead atoms. The third-order valence-corrected chi connectivity index (χ3v) is 2.43. The van der Waals surface area contributed by atoms with Gasteiger partial charge in [0.25, 0.3) is 0 Å². The number of oxazole rings is 1. The average molecular weight is 175 g/mol. The van der Waals surface area contributed by atoms with E-state index in [0.29, 0.717) is 11.6 Å². The van der Waals surface area contributed by atoms with Crippen molar-refractivity contribution in [2.24, 2.45) is 0 Å². The number of hydrogen-bond acceptors (Lipinski definition) is 2. The van der Waals surface area contributed by atoms with E-state index < -0.39 is 0 Å². The summed E-state index contributed by atoms with van der Waals surface area (Å²) in [4.78, 5) is 11.4. The van der Waals surface area contributed by atoms with E-state index in [1.165, 1.54) is 0 Å². The Balaban J connectivity index is 2.41. The van der Waals surface area contributed by atoms with Crippen LogP contribution in [0.4, 0.5) is 0 Å². The van der Waals surface area contributed by atoms with E-state index in [1.807, 2.05) is 24.3 Å². The highest BCUT2D eigenvalue weighted by Gasteiger charge is 2.27. The fourth-order valence-corrected chi connectivity index (χ4v) is 1.66. The number of aromatic nitrogens is 1. The van der Waals surface area contributed by atoms with Crippen LogP contribution in [-0.4, -0.2) is 4.57 Å². The Hall–Kier alpha value is -1.51. The Morgan fingerprint density at radius 3 is 2.85 bits per heavy atom. The maximum Gasteiger partial charge on any atom is 0.420 e. The average Bonchev–Trinajstić information content (AvgIpc) is 2.88. The molecule has 1 aliphatic rings. The fourth-order valence-electron chi connectivity index (χ4n) is 1.66. The van der Waals surface area contributed by atoms with Crippen LogP contribution < -0.4 is 5.76 Å². The van der Waals surface area contributed by atoms with Crippen molar-refractivity contribution < 1.29 is 4.42 Å². The molecule has 13 heavy (non-hydrogen) atoms. The quantitative estimate of drug-likeness (QED) is 0.663. The topological polar surface area (TPSA) is 35.1 Å². The van der Waals surface area contributed by atoms with Crippen molar-refractivity contribution in [1.82, 2.24) is 4.57 Å². The number of nitrogens with zero attached hydrogens (tertiary/aromatic N) is 1. The minimum Gasteiger partial charge on any atom is -0.408 e. The van der Waals surface area contributed by atoms with Gasteiger partial charge in [0, 0.05) is 6.04 Å². The monoisotopic (exact) mass is 175 g/mol. The minimum absolute atomic E-state index is 0.219. The van der Waals surface area contributed by atoms with Crippen LogP contribution in [0.5, 0.6) is 0 Å². The number of hydrogen-bond donors (Lipinski definition) is 0. The number of fused-ring (bicyclic) bond motifs is 1. The molecule has 0 aliphatic heterocycles. The van der Waals surface area contributed by atoms with Crippen molar-refractivity contribution in [2.75, 3.05) is 0 Å². The Bertz CT molecular complexity index is 505. The lowest BCUT2D eigenvalue weighted by molar-refractivity contribution is 0.509. The van der Waals surface area contributed by atoms with Crippen LogP contribution in [0.3, 0.4) is 0 Å². The molecule has 1 fully saturated rings. The largest absolute Gasteiger partial charge is 0.420 e. The molecule has 0 spiro atoms. The highest BCUT2D eigenvalue weighted by Crippen LogP contribution is 2.35. The van der Waals surface area contributed by atoms with Gasteiger partial charge in [0.2, 0.25) is 0 Å². The Kier molecular flexibility index (Phi) is 1.20. The first-order chi connectivity index (χ1) is 6.36. The van der Waals surface area contributed by atoms with E-state index in [-0.39, 0.29) is 5.76 Å². The van der Waals surface area contributed by atoms with Gasteiger partial charge in [0.05, 0.1) is 5.52 Å². The van der Waals surface area contributed by atoms with Gasteiger partial charge in [-0.2, -0.15) is 0 Å². The standard InChI is InChI=1S/C10H9NO2/c12-10-11(7-5-6-7)8-3-1-2-4-9(8)13-10/h1-4,7H,5-6H2. The summed E-state index contributed by atoms with van der Waals surface area (Å²) in [5.74, 6) is -0.219. The minimum atomic E-state index is -0.219. The number of rotatable bonds is 1. The lowest BCUT2D eigenvalue weighted by Gasteiger charge is -1.95. The van der Waals surface area contributed by atoms with E-state index in [9.17, 15) is 4.79 Å². The molecular weight excluding hydrogens is 166 g/mol. The Labute approximate surface area is 74.6 Å². The first kappa shape index (κ1) is 6.95. The van der Waals surface area contributed by atoms with Crippen molar-refractivity contribution in [3.63, 3.8) is 0 Å². The van der Waals surface area contributed by atoms with Crippen LogP contribution in [0.2, 0.25) is 0 Å². The fraction of sp³-hybridized carbons (Fsp3) is 0.300. The van der Waals surface area contributed by atoms with Gasteiger partial charge in [-0.15, -0.1) is 0 Å². The molecule has 0 atom stereocenters. The van der Waals surface area contributed by atoms with Gasteiger partial charge < -0.3 is 4.42 Å². The third-order valence-electron chi connectivity index (χ3n) is 2.43. The van der Waals surface area contributed by atoms with Gasteiger partial charge in [-0.3, -0.25) is 4.57 Å². The summed E-state index contributed by atoms with van der Waals surface area (Å²) < 4.78 is 6.87. The third kappa shape index (κ3) is 0.932. The second-order valence-corrected chi connectivity index (χ2v) is 3.44. The molecule has 1 aliphatic carbocycles. The Morgan fingerprint density at radius 2 is 2.08 bits per heavy atom. The molecule has 3 heteroatoms. The van der Waals surface area contributed by atoms with Crippen LogP contribution in [-0.2, 0) is 0 Å². The van der Waals surface area contributed by atoms with Gasteiger partial charge in [-0.25, -0.2) is 4.79 Å². The highest BCUT2D eigenvalue weighted by molar-refractivity contribution is 5.72. The van der Waals surface area contributed by atoms with Crippen molar-refractivity contribution in [1.29, 1.82) is 0 Å². The molecule has 3 nitrogen and oxygen atoms in total. The smallest absolute Gasteiger partial charge is 0.408 e. The van der Waals surface area contributed by atoms with E-state index in [0.717, 1.165) is 18.4 Å². The van der Waals surface area contributed by atoms with Crippen LogP contribution in [0, 0.1) is 0 Å². The Morgan fingerprint density at radius 1 is 1.31 bits per heavy atom. The summed E-state index contributed by atoms with van der Waals surface area (Å²) >= 11 is 0. The zero-order chi connectivity index (χ0) is 8.84. The maximum atomic E-state index is 11.4. The lowest BCUT2D eigenvalue weighted by Crippen LogP contribution is -2.11. The summed E-state index contributed by atoms with van der Waals surface area (Å²) in [5, 5.41) is 0. The molecule has 1 heterocycles. The molecule has 0 unspecified atom stereocenters. The van der Waals surface area contributed by atoms with Crippen LogP contribution >= 0.6 is 0 Å². The molecule has 0 saturated heterocycles. The number of para-hydroxylation sites is 2. The molecule has 3 rings (SSSR count). The molecule has 1 aromatic heterocycles. The van der Waals surface area contributed by atoms with Gasteiger partial charge in [-0.05, 0) is 25.0 Å². The van der Waals surface area contributed by atoms with Crippen LogP contribution in [0.25, 0.3) is 11.1 Å². The van der Waals surface area contributed by atoms with E-state index in [2.05, 4.69) is 0 Å². The van der Waals surface area contributed by atoms with E-state index in [1.54, 1.807) is 4.57 Å². The lowest BCUT2D eigenvalue weighted by atomic mass is 10.3. The number of benzene rings is 1. The zero-order valence-corrected chi connectivity index (χ0v) is 7.06. The van der Waals surface area contributed by atoms with Crippen molar-refractivity contribution >= 4 is 11.1 Å². The zero-order valence-electron chi connectivity index (χ0n) is 7.06. The van der Waals surface area contributed by atoms with Gasteiger partial charge in [-0.1, -0.05) is 12.1 Å². The first-order valence-corrected chi connectivity index (χ1v) is 4.46. The molecule has 0 N–H and O–H groups in total. The van der Waals surface area contributed by atoms with E-state index in [4.69, 9.17) is 4.42 Å². The molecule has 0 amide bonds. The second kappa shape index (κ2) is 2.25. The first-order valence-electron chi connectivity index (χ1n) is 4.46. The SMILES string of the molecule is O=c1oc2ccccc2n1C1CC1. The van der Waals surface area contributed by atoms with Gasteiger partial charge in [0.15, 0.2) is 5.58 Å². The van der Waals surface area contributed by atoms with Gasteiger partial charge >= 0.3 is 5.76 Å². The second-order valence-electron chi connectivity index (χ2n) is 3.44. The maximum absolute atomic E-state index is 11.4. The van der Waals surface area contributed by atoms with Crippen molar-refractivity contribution in [2.45, 2.75) is 18.9 Å². The molecule has 0 radical (unpaired) electrons. The summed E-state index contributed by atoms with van der Waals surface area (Å²) in [6.07, 6.45) is 2.20. The van der Waals surface area contributed by atoms with Crippen LogP contribution in [0.15, 0.2) is 33.5 Å². The molecule has 1 aromatic carbocycles. The summed E-state index contributed by atoms with van der Waals surface area (Å²) in [6.45, 7) is 0. The predicted molar refractivity (Wildman–Crippen MR) is 48.7 cm³/mol. The predicted octanol–water partition coefficient (Wildman–Crippen LogP) is 1.93. The van der Waals surface area contributed by atoms with Gasteiger partial charge in [0.1, 0.15) is 0 Å². The van der Waals surface area contributed by atoms with E-state index >= 15 is 0 Å².